The molecule has 154 valence electrons. The number of primary amides is 1. The lowest BCUT2D eigenvalue weighted by atomic mass is 9.74. The van der Waals surface area contributed by atoms with E-state index in [1.54, 1.807) is 6.07 Å². The highest BCUT2D eigenvalue weighted by atomic mass is 16.5. The third kappa shape index (κ3) is 3.03. The van der Waals surface area contributed by atoms with Crippen LogP contribution in [0.5, 0.6) is 0 Å². The number of piperidine rings is 1. The fourth-order valence-electron chi connectivity index (χ4n) is 5.95. The number of amides is 1. The van der Waals surface area contributed by atoms with Crippen LogP contribution in [0.4, 0.5) is 0 Å². The molecule has 3 aromatic rings. The molecule has 2 aliphatic rings. The van der Waals surface area contributed by atoms with Crippen LogP contribution in [0.1, 0.15) is 34.3 Å². The Kier molecular flexibility index (Phi) is 4.84. The van der Waals surface area contributed by atoms with E-state index in [2.05, 4.69) is 53.4 Å². The van der Waals surface area contributed by atoms with Gasteiger partial charge in [-0.25, -0.2) is 0 Å². The van der Waals surface area contributed by atoms with Crippen molar-refractivity contribution in [3.8, 4) is 0 Å². The number of likely N-dealkylation sites (tertiary alicyclic amines) is 1. The zero-order valence-electron chi connectivity index (χ0n) is 17.4. The highest BCUT2D eigenvalue weighted by molar-refractivity contribution is 5.93. The summed E-state index contributed by atoms with van der Waals surface area (Å²) in [7, 11) is 1.82. The summed E-state index contributed by atoms with van der Waals surface area (Å²) in [4.78, 5) is 14.3. The minimum absolute atomic E-state index is 0.333. The van der Waals surface area contributed by atoms with E-state index in [1.165, 1.54) is 16.3 Å². The second-order valence-corrected chi connectivity index (χ2v) is 8.75. The van der Waals surface area contributed by atoms with E-state index >= 15 is 0 Å². The Hall–Kier alpha value is -2.69. The van der Waals surface area contributed by atoms with Crippen molar-refractivity contribution in [2.24, 2.45) is 17.6 Å². The monoisotopic (exact) mass is 400 g/mol. The second-order valence-electron chi connectivity index (χ2n) is 8.75. The highest BCUT2D eigenvalue weighted by Crippen LogP contribution is 2.53. The molecule has 0 radical (unpaired) electrons. The first kappa shape index (κ1) is 19.3. The average Bonchev–Trinajstić information content (AvgIpc) is 2.97. The predicted molar refractivity (Wildman–Crippen MR) is 119 cm³/mol. The number of fused-ring (bicyclic) bond motifs is 3. The number of rotatable bonds is 5. The van der Waals surface area contributed by atoms with Gasteiger partial charge >= 0.3 is 0 Å². The maximum Gasteiger partial charge on any atom is 0.248 e. The molecule has 5 rings (SSSR count). The number of carbonyl (C=O) groups excluding carboxylic acids is 1. The Morgan fingerprint density at radius 3 is 2.47 bits per heavy atom. The summed E-state index contributed by atoms with van der Waals surface area (Å²) in [6.07, 6.45) is 2.29. The molecule has 1 aliphatic carbocycles. The third-order valence-corrected chi connectivity index (χ3v) is 7.24. The molecule has 1 heterocycles. The molecule has 2 bridgehead atoms. The lowest BCUT2D eigenvalue weighted by molar-refractivity contribution is -0.120. The van der Waals surface area contributed by atoms with Crippen LogP contribution < -0.4 is 5.73 Å². The minimum Gasteiger partial charge on any atom is -0.373 e. The molecular formula is C26H28N2O2. The Morgan fingerprint density at radius 1 is 1.03 bits per heavy atom. The van der Waals surface area contributed by atoms with Gasteiger partial charge < -0.3 is 10.5 Å². The first-order chi connectivity index (χ1) is 14.6. The van der Waals surface area contributed by atoms with E-state index in [4.69, 9.17) is 10.5 Å². The summed E-state index contributed by atoms with van der Waals surface area (Å²) in [6, 6.07) is 23.0. The lowest BCUT2D eigenvalue weighted by Gasteiger charge is -2.47. The van der Waals surface area contributed by atoms with E-state index in [-0.39, 0.29) is 11.5 Å². The van der Waals surface area contributed by atoms with Crippen molar-refractivity contribution in [2.45, 2.75) is 25.0 Å². The van der Waals surface area contributed by atoms with Gasteiger partial charge in [-0.15, -0.1) is 0 Å². The van der Waals surface area contributed by atoms with Crippen molar-refractivity contribution >= 4 is 16.7 Å². The summed E-state index contributed by atoms with van der Waals surface area (Å²) in [6.45, 7) is 2.94. The van der Waals surface area contributed by atoms with Crippen molar-refractivity contribution in [1.29, 1.82) is 0 Å². The number of carbonyl (C=O) groups is 1. The van der Waals surface area contributed by atoms with Gasteiger partial charge in [0.25, 0.3) is 0 Å². The van der Waals surface area contributed by atoms with Crippen LogP contribution in [0.15, 0.2) is 66.7 Å². The Morgan fingerprint density at radius 2 is 1.73 bits per heavy atom. The number of benzene rings is 3. The first-order valence-electron chi connectivity index (χ1n) is 10.8. The zero-order chi connectivity index (χ0) is 20.7. The molecule has 2 fully saturated rings. The predicted octanol–water partition coefficient (Wildman–Crippen LogP) is 4.32. The van der Waals surface area contributed by atoms with Crippen molar-refractivity contribution in [1.82, 2.24) is 4.90 Å². The number of hydrogen-bond donors (Lipinski definition) is 1. The smallest absolute Gasteiger partial charge is 0.248 e. The number of hydrogen-bond acceptors (Lipinski definition) is 3. The lowest BCUT2D eigenvalue weighted by Crippen LogP contribution is -2.52. The van der Waals surface area contributed by atoms with Crippen molar-refractivity contribution in [3.63, 3.8) is 0 Å². The van der Waals surface area contributed by atoms with Gasteiger partial charge in [0.2, 0.25) is 5.91 Å². The third-order valence-electron chi connectivity index (χ3n) is 7.24. The number of methoxy groups -OCH3 is 1. The molecular weight excluding hydrogens is 372 g/mol. The highest BCUT2D eigenvalue weighted by Gasteiger charge is 2.55. The topological polar surface area (TPSA) is 55.6 Å². The van der Waals surface area contributed by atoms with Crippen LogP contribution in [0.25, 0.3) is 10.8 Å². The Bertz CT molecular complexity index is 1070. The van der Waals surface area contributed by atoms with E-state index in [1.807, 2.05) is 19.2 Å². The largest absolute Gasteiger partial charge is 0.373 e. The summed E-state index contributed by atoms with van der Waals surface area (Å²) >= 11 is 0. The van der Waals surface area contributed by atoms with E-state index < -0.39 is 0 Å². The SMILES string of the molecule is COC1(c2cccc(C(N)=O)c2)C2CCC1CN(Cc1cccc3ccccc13)C2. The molecule has 1 saturated carbocycles. The number of nitrogens with zero attached hydrogens (tertiary/aromatic N) is 1. The van der Waals surface area contributed by atoms with E-state index in [0.29, 0.717) is 17.4 Å². The van der Waals surface area contributed by atoms with Gasteiger partial charge in [0.1, 0.15) is 5.60 Å². The average molecular weight is 401 g/mol. The summed E-state index contributed by atoms with van der Waals surface area (Å²) in [5.41, 5.74) is 8.25. The Labute approximate surface area is 177 Å². The first-order valence-corrected chi connectivity index (χ1v) is 10.8. The maximum atomic E-state index is 11.7. The van der Waals surface area contributed by atoms with E-state index in [9.17, 15) is 4.79 Å². The van der Waals surface area contributed by atoms with Crippen LogP contribution in [0.3, 0.4) is 0 Å². The maximum absolute atomic E-state index is 11.7. The molecule has 3 aromatic carbocycles. The molecule has 1 amide bonds. The molecule has 0 spiro atoms. The second kappa shape index (κ2) is 7.53. The minimum atomic E-state index is -0.385. The number of nitrogens with two attached hydrogens (primary N) is 1. The van der Waals surface area contributed by atoms with E-state index in [0.717, 1.165) is 38.0 Å². The molecule has 0 aromatic heterocycles. The normalized spacial score (nSPS) is 26.2. The van der Waals surface area contributed by atoms with Crippen molar-refractivity contribution in [2.75, 3.05) is 20.2 Å². The van der Waals surface area contributed by atoms with Crippen molar-refractivity contribution < 1.29 is 9.53 Å². The van der Waals surface area contributed by atoms with Crippen LogP contribution >= 0.6 is 0 Å². The van der Waals surface area contributed by atoms with Crippen molar-refractivity contribution in [3.05, 3.63) is 83.4 Å². The van der Waals surface area contributed by atoms with Crippen LogP contribution in [-0.2, 0) is 16.9 Å². The fraction of sp³-hybridized carbons (Fsp3) is 0.346. The van der Waals surface area contributed by atoms with Gasteiger partial charge in [-0.3, -0.25) is 9.69 Å². The van der Waals surface area contributed by atoms with Crippen LogP contribution in [-0.4, -0.2) is 31.0 Å². The van der Waals surface area contributed by atoms with Gasteiger partial charge in [-0.1, -0.05) is 54.6 Å². The number of ether oxygens (including phenoxy) is 1. The van der Waals surface area contributed by atoms with Gasteiger partial charge in [0.15, 0.2) is 0 Å². The fourth-order valence-corrected chi connectivity index (χ4v) is 5.95. The molecule has 1 aliphatic heterocycles. The molecule has 4 heteroatoms. The molecule has 2 N–H and O–H groups in total. The molecule has 1 saturated heterocycles. The zero-order valence-corrected chi connectivity index (χ0v) is 17.4. The summed E-state index contributed by atoms with van der Waals surface area (Å²) in [5, 5.41) is 2.63. The van der Waals surface area contributed by atoms with Gasteiger partial charge in [0, 0.05) is 44.1 Å². The van der Waals surface area contributed by atoms with Gasteiger partial charge in [-0.2, -0.15) is 0 Å². The molecule has 2 atom stereocenters. The summed E-state index contributed by atoms with van der Waals surface area (Å²) in [5.74, 6) is 0.419. The van der Waals surface area contributed by atoms with Crippen LogP contribution in [0.2, 0.25) is 0 Å². The quantitative estimate of drug-likeness (QED) is 0.694. The molecule has 2 unspecified atom stereocenters. The molecule has 4 nitrogen and oxygen atoms in total. The molecule has 30 heavy (non-hydrogen) atoms. The standard InChI is InChI=1S/C26H28N2O2/c1-30-26(21-10-5-8-19(14-21)25(27)29)22-12-13-23(26)17-28(16-22)15-20-9-4-7-18-6-2-3-11-24(18)20/h2-11,14,22-23H,12-13,15-17H2,1H3,(H2,27,29). The Balaban J connectivity index is 1.44. The van der Waals surface area contributed by atoms with Gasteiger partial charge in [-0.05, 0) is 46.9 Å². The summed E-state index contributed by atoms with van der Waals surface area (Å²) < 4.78 is 6.28. The van der Waals surface area contributed by atoms with Crippen LogP contribution in [0, 0.1) is 11.8 Å². The van der Waals surface area contributed by atoms with Gasteiger partial charge in [0.05, 0.1) is 0 Å².